The summed E-state index contributed by atoms with van der Waals surface area (Å²) in [6.07, 6.45) is 1.79. The van der Waals surface area contributed by atoms with E-state index in [-0.39, 0.29) is 17.4 Å². The van der Waals surface area contributed by atoms with Crippen LogP contribution in [0.1, 0.15) is 42.5 Å². The molecule has 4 aromatic rings. The van der Waals surface area contributed by atoms with Crippen LogP contribution < -0.4 is 15.4 Å². The molecule has 0 spiro atoms. The average Bonchev–Trinajstić information content (AvgIpc) is 3.51. The van der Waals surface area contributed by atoms with Crippen molar-refractivity contribution in [3.63, 3.8) is 0 Å². The van der Waals surface area contributed by atoms with E-state index in [1.165, 1.54) is 10.4 Å². The standard InChI is InChI=1S/C31H36N4O4S/c1-7-35-24-9-8-22(17-25(24)32(6)29(37)31(4,5)30(35)38)18-33(19-27-20(2)11-15-40-27)13-14-34-12-10-26-23(28(34)36)16-21(3)39-26/h8-12,15-17H,7,13-14,18-19H2,1-6H3. The monoisotopic (exact) mass is 560 g/mol. The van der Waals surface area contributed by atoms with Gasteiger partial charge in [0.2, 0.25) is 11.8 Å². The number of anilines is 2. The van der Waals surface area contributed by atoms with Crippen LogP contribution >= 0.6 is 11.3 Å². The third-order valence-electron chi connectivity index (χ3n) is 7.81. The van der Waals surface area contributed by atoms with E-state index >= 15 is 0 Å². The molecule has 5 rings (SSSR count). The van der Waals surface area contributed by atoms with Gasteiger partial charge in [-0.2, -0.15) is 0 Å². The van der Waals surface area contributed by atoms with Crippen LogP contribution in [0.2, 0.25) is 0 Å². The molecule has 0 N–H and O–H groups in total. The van der Waals surface area contributed by atoms with Crippen molar-refractivity contribution in [2.45, 2.75) is 54.3 Å². The number of aryl methyl sites for hydroxylation is 2. The fraction of sp³-hybridized carbons (Fsp3) is 0.387. The Kier molecular flexibility index (Phi) is 7.46. The lowest BCUT2D eigenvalue weighted by atomic mass is 9.90. The maximum Gasteiger partial charge on any atom is 0.261 e. The second-order valence-electron chi connectivity index (χ2n) is 11.0. The molecule has 210 valence electrons. The van der Waals surface area contributed by atoms with Crippen molar-refractivity contribution in [3.8, 4) is 0 Å². The van der Waals surface area contributed by atoms with E-state index in [4.69, 9.17) is 4.42 Å². The van der Waals surface area contributed by atoms with Crippen LogP contribution in [0.5, 0.6) is 0 Å². The highest BCUT2D eigenvalue weighted by atomic mass is 32.1. The molecule has 0 aliphatic carbocycles. The number of benzene rings is 1. The van der Waals surface area contributed by atoms with Crippen LogP contribution in [0.15, 0.2) is 57.2 Å². The number of hydrogen-bond donors (Lipinski definition) is 0. The lowest BCUT2D eigenvalue weighted by Gasteiger charge is -2.27. The van der Waals surface area contributed by atoms with E-state index in [2.05, 4.69) is 23.3 Å². The number of hydrogen-bond acceptors (Lipinski definition) is 6. The Bertz CT molecular complexity index is 1650. The van der Waals surface area contributed by atoms with Crippen molar-refractivity contribution in [1.82, 2.24) is 9.47 Å². The number of furan rings is 1. The summed E-state index contributed by atoms with van der Waals surface area (Å²) in [5.74, 6) is 0.309. The molecule has 0 bridgehead atoms. The number of carbonyl (C=O) groups is 2. The Morgan fingerprint density at radius 2 is 1.75 bits per heavy atom. The van der Waals surface area contributed by atoms with Gasteiger partial charge >= 0.3 is 0 Å². The molecular formula is C31H36N4O4S. The first-order valence-corrected chi connectivity index (χ1v) is 14.5. The zero-order chi connectivity index (χ0) is 28.8. The number of amides is 2. The van der Waals surface area contributed by atoms with Gasteiger partial charge in [0.1, 0.15) is 16.8 Å². The van der Waals surface area contributed by atoms with Gasteiger partial charge in [-0.05, 0) is 81.5 Å². The minimum Gasteiger partial charge on any atom is -0.461 e. The van der Waals surface area contributed by atoms with Crippen molar-refractivity contribution in [2.24, 2.45) is 5.41 Å². The summed E-state index contributed by atoms with van der Waals surface area (Å²) in [5.41, 5.74) is 3.16. The highest BCUT2D eigenvalue weighted by Crippen LogP contribution is 2.39. The van der Waals surface area contributed by atoms with Crippen molar-refractivity contribution in [1.29, 1.82) is 0 Å². The molecule has 0 saturated heterocycles. The number of carbonyl (C=O) groups excluding carboxylic acids is 2. The summed E-state index contributed by atoms with van der Waals surface area (Å²) in [6, 6.07) is 11.8. The highest BCUT2D eigenvalue weighted by Gasteiger charge is 2.45. The van der Waals surface area contributed by atoms with Gasteiger partial charge in [0.25, 0.3) is 5.56 Å². The van der Waals surface area contributed by atoms with Gasteiger partial charge in [-0.3, -0.25) is 19.3 Å². The number of rotatable bonds is 8. The highest BCUT2D eigenvalue weighted by molar-refractivity contribution is 7.10. The maximum atomic E-state index is 13.3. The molecule has 9 heteroatoms. The van der Waals surface area contributed by atoms with E-state index in [9.17, 15) is 14.4 Å². The third-order valence-corrected chi connectivity index (χ3v) is 8.81. The van der Waals surface area contributed by atoms with Crippen LogP contribution in [-0.4, -0.2) is 41.4 Å². The van der Waals surface area contributed by atoms with Crippen LogP contribution in [0.25, 0.3) is 11.0 Å². The van der Waals surface area contributed by atoms with E-state index in [1.54, 1.807) is 58.9 Å². The molecule has 0 saturated carbocycles. The molecule has 0 fully saturated rings. The number of nitrogens with zero attached hydrogens (tertiary/aromatic N) is 4. The average molecular weight is 561 g/mol. The van der Waals surface area contributed by atoms with Crippen molar-refractivity contribution in [2.75, 3.05) is 29.9 Å². The normalized spacial score (nSPS) is 15.3. The predicted molar refractivity (Wildman–Crippen MR) is 160 cm³/mol. The van der Waals surface area contributed by atoms with Crippen LogP contribution in [-0.2, 0) is 29.2 Å². The smallest absolute Gasteiger partial charge is 0.261 e. The Labute approximate surface area is 238 Å². The molecule has 1 aliphatic rings. The van der Waals surface area contributed by atoms with Gasteiger partial charge in [-0.25, -0.2) is 0 Å². The van der Waals surface area contributed by atoms with E-state index in [0.717, 1.165) is 29.2 Å². The van der Waals surface area contributed by atoms with Gasteiger partial charge in [-0.1, -0.05) is 6.07 Å². The molecule has 8 nitrogen and oxygen atoms in total. The second kappa shape index (κ2) is 10.7. The number of fused-ring (bicyclic) bond motifs is 2. The lowest BCUT2D eigenvalue weighted by Crippen LogP contribution is -2.47. The molecular weight excluding hydrogens is 524 g/mol. The predicted octanol–water partition coefficient (Wildman–Crippen LogP) is 5.33. The van der Waals surface area contributed by atoms with Gasteiger partial charge in [0, 0.05) is 50.8 Å². The van der Waals surface area contributed by atoms with E-state index in [0.29, 0.717) is 37.1 Å². The van der Waals surface area contributed by atoms with Gasteiger partial charge < -0.3 is 18.8 Å². The SMILES string of the molecule is CCN1C(=O)C(C)(C)C(=O)N(C)c2cc(CN(CCn3ccc4oc(C)cc4c3=O)Cc3sccc3C)ccc21. The molecule has 2 amide bonds. The summed E-state index contributed by atoms with van der Waals surface area (Å²) in [6.45, 7) is 12.3. The Hall–Kier alpha value is -3.69. The second-order valence-corrected chi connectivity index (χ2v) is 12.0. The fourth-order valence-corrected chi connectivity index (χ4v) is 6.36. The molecule has 40 heavy (non-hydrogen) atoms. The molecule has 4 heterocycles. The number of thiophene rings is 1. The van der Waals surface area contributed by atoms with Crippen LogP contribution in [0, 0.1) is 19.3 Å². The first kappa shape index (κ1) is 27.9. The molecule has 1 aromatic carbocycles. The fourth-order valence-electron chi connectivity index (χ4n) is 5.42. The largest absolute Gasteiger partial charge is 0.461 e. The van der Waals surface area contributed by atoms with Gasteiger partial charge in [0.05, 0.1) is 16.8 Å². The van der Waals surface area contributed by atoms with Crippen molar-refractivity contribution >= 4 is 45.5 Å². The molecule has 1 aliphatic heterocycles. The molecule has 0 unspecified atom stereocenters. The molecule has 3 aromatic heterocycles. The van der Waals surface area contributed by atoms with Crippen LogP contribution in [0.3, 0.4) is 0 Å². The van der Waals surface area contributed by atoms with Crippen molar-refractivity contribution in [3.05, 3.63) is 80.1 Å². The van der Waals surface area contributed by atoms with Crippen molar-refractivity contribution < 1.29 is 14.0 Å². The minimum absolute atomic E-state index is 0.0567. The quantitative estimate of drug-likeness (QED) is 0.272. The molecule has 0 radical (unpaired) electrons. The molecule has 0 atom stereocenters. The topological polar surface area (TPSA) is 79.0 Å². The first-order chi connectivity index (χ1) is 19.0. The van der Waals surface area contributed by atoms with E-state index in [1.807, 2.05) is 38.1 Å². The maximum absolute atomic E-state index is 13.3. The Morgan fingerprint density at radius 1 is 0.975 bits per heavy atom. The van der Waals surface area contributed by atoms with E-state index < -0.39 is 5.41 Å². The minimum atomic E-state index is -1.14. The van der Waals surface area contributed by atoms with Crippen LogP contribution in [0.4, 0.5) is 11.4 Å². The first-order valence-electron chi connectivity index (χ1n) is 13.6. The van der Waals surface area contributed by atoms with Gasteiger partial charge in [-0.15, -0.1) is 11.3 Å². The Balaban J connectivity index is 1.45. The Morgan fingerprint density at radius 3 is 2.45 bits per heavy atom. The third kappa shape index (κ3) is 4.99. The van der Waals surface area contributed by atoms with Gasteiger partial charge in [0.15, 0.2) is 0 Å². The summed E-state index contributed by atoms with van der Waals surface area (Å²) in [5, 5.41) is 2.70. The summed E-state index contributed by atoms with van der Waals surface area (Å²) in [7, 11) is 1.74. The summed E-state index contributed by atoms with van der Waals surface area (Å²) >= 11 is 1.73. The zero-order valence-corrected chi connectivity index (χ0v) is 24.8. The number of pyridine rings is 1. The summed E-state index contributed by atoms with van der Waals surface area (Å²) in [4.78, 5) is 46.6. The number of aromatic nitrogens is 1. The summed E-state index contributed by atoms with van der Waals surface area (Å²) < 4.78 is 7.36. The zero-order valence-electron chi connectivity index (χ0n) is 24.0. The lowest BCUT2D eigenvalue weighted by molar-refractivity contribution is -0.137.